The third kappa shape index (κ3) is 3.35. The number of hydrogen-bond donors (Lipinski definition) is 0. The van der Waals surface area contributed by atoms with Crippen molar-refractivity contribution >= 4 is 6.08 Å². The predicted octanol–water partition coefficient (Wildman–Crippen LogP) is 4.68. The first kappa shape index (κ1) is 11.2. The van der Waals surface area contributed by atoms with E-state index in [9.17, 15) is 0 Å². The molecular weight excluding hydrogens is 208 g/mol. The van der Waals surface area contributed by atoms with Gasteiger partial charge in [-0.05, 0) is 29.8 Å². The van der Waals surface area contributed by atoms with Crippen molar-refractivity contribution in [2.24, 2.45) is 0 Å². The van der Waals surface area contributed by atoms with Gasteiger partial charge in [-0.2, -0.15) is 0 Å². The minimum absolute atomic E-state index is 0.836. The summed E-state index contributed by atoms with van der Waals surface area (Å²) < 4.78 is 5.74. The summed E-state index contributed by atoms with van der Waals surface area (Å²) in [6.07, 6.45) is 5.65. The van der Waals surface area contributed by atoms with E-state index in [1.165, 1.54) is 0 Å². The van der Waals surface area contributed by atoms with Gasteiger partial charge >= 0.3 is 0 Å². The van der Waals surface area contributed by atoms with Gasteiger partial charge < -0.3 is 4.74 Å². The Bertz CT molecular complexity index is 512. The minimum atomic E-state index is 0.836. The highest BCUT2D eigenvalue weighted by molar-refractivity contribution is 5.53. The molecule has 0 bridgehead atoms. The van der Waals surface area contributed by atoms with Crippen molar-refractivity contribution in [1.82, 2.24) is 0 Å². The highest BCUT2D eigenvalue weighted by Crippen LogP contribution is 2.22. The van der Waals surface area contributed by atoms with Gasteiger partial charge in [-0.1, -0.05) is 55.1 Å². The van der Waals surface area contributed by atoms with Gasteiger partial charge in [0.15, 0.2) is 0 Å². The molecule has 0 fully saturated rings. The van der Waals surface area contributed by atoms with E-state index >= 15 is 0 Å². The summed E-state index contributed by atoms with van der Waals surface area (Å²) in [4.78, 5) is 0. The molecule has 0 spiro atoms. The van der Waals surface area contributed by atoms with Crippen molar-refractivity contribution in [1.29, 1.82) is 0 Å². The van der Waals surface area contributed by atoms with E-state index in [2.05, 4.69) is 6.58 Å². The molecule has 84 valence electrons. The fourth-order valence-corrected chi connectivity index (χ4v) is 1.49. The monoisotopic (exact) mass is 222 g/mol. The summed E-state index contributed by atoms with van der Waals surface area (Å²) >= 11 is 0. The summed E-state index contributed by atoms with van der Waals surface area (Å²) in [7, 11) is 0. The van der Waals surface area contributed by atoms with Crippen molar-refractivity contribution in [3.8, 4) is 11.5 Å². The molecule has 0 heterocycles. The van der Waals surface area contributed by atoms with Gasteiger partial charge in [0.05, 0.1) is 0 Å². The quantitative estimate of drug-likeness (QED) is 0.682. The number of allylic oxidation sites excluding steroid dienone is 2. The first-order chi connectivity index (χ1) is 8.38. The molecule has 0 amide bonds. The lowest BCUT2D eigenvalue weighted by Gasteiger charge is -2.05. The Labute approximate surface area is 102 Å². The van der Waals surface area contributed by atoms with Crippen LogP contribution >= 0.6 is 0 Å². The zero-order valence-electron chi connectivity index (χ0n) is 9.54. The summed E-state index contributed by atoms with van der Waals surface area (Å²) in [6.45, 7) is 3.65. The number of rotatable bonds is 4. The fourth-order valence-electron chi connectivity index (χ4n) is 1.49. The van der Waals surface area contributed by atoms with E-state index in [4.69, 9.17) is 4.74 Å². The van der Waals surface area contributed by atoms with Crippen molar-refractivity contribution in [2.75, 3.05) is 0 Å². The summed E-state index contributed by atoms with van der Waals surface area (Å²) in [5, 5.41) is 0. The molecule has 0 atom stereocenters. The minimum Gasteiger partial charge on any atom is -0.457 e. The summed E-state index contributed by atoms with van der Waals surface area (Å²) in [5.74, 6) is 1.68. The Hall–Kier alpha value is -2.28. The highest BCUT2D eigenvalue weighted by Gasteiger charge is 1.96. The van der Waals surface area contributed by atoms with Crippen LogP contribution in [0.5, 0.6) is 11.5 Å². The molecule has 1 nitrogen and oxygen atoms in total. The Kier molecular flexibility index (Phi) is 3.77. The molecule has 2 rings (SSSR count). The standard InChI is InChI=1S/C16H14O/c1-2-3-8-14-9-7-12-16(13-14)17-15-10-5-4-6-11-15/h2-13H,1H2. The smallest absolute Gasteiger partial charge is 0.128 e. The summed E-state index contributed by atoms with van der Waals surface area (Å²) in [6, 6.07) is 17.7. The largest absolute Gasteiger partial charge is 0.457 e. The Morgan fingerprint density at radius 3 is 2.41 bits per heavy atom. The van der Waals surface area contributed by atoms with E-state index in [1.54, 1.807) is 6.08 Å². The van der Waals surface area contributed by atoms with Crippen LogP contribution < -0.4 is 4.74 Å². The van der Waals surface area contributed by atoms with Crippen LogP contribution in [0.15, 0.2) is 73.3 Å². The van der Waals surface area contributed by atoms with Gasteiger partial charge in [0.1, 0.15) is 11.5 Å². The van der Waals surface area contributed by atoms with Gasteiger partial charge in [-0.15, -0.1) is 0 Å². The topological polar surface area (TPSA) is 9.23 Å². The van der Waals surface area contributed by atoms with E-state index < -0.39 is 0 Å². The van der Waals surface area contributed by atoms with Gasteiger partial charge in [0, 0.05) is 0 Å². The zero-order chi connectivity index (χ0) is 11.9. The second kappa shape index (κ2) is 5.71. The molecule has 0 N–H and O–H groups in total. The molecule has 0 radical (unpaired) electrons. The molecule has 2 aromatic carbocycles. The third-order valence-corrected chi connectivity index (χ3v) is 2.26. The maximum atomic E-state index is 5.74. The first-order valence-electron chi connectivity index (χ1n) is 5.50. The van der Waals surface area contributed by atoms with E-state index in [0.29, 0.717) is 0 Å². The van der Waals surface area contributed by atoms with Crippen LogP contribution in [0.3, 0.4) is 0 Å². The fraction of sp³-hybridized carbons (Fsp3) is 0. The molecule has 0 unspecified atom stereocenters. The Morgan fingerprint density at radius 2 is 1.65 bits per heavy atom. The van der Waals surface area contributed by atoms with Crippen LogP contribution in [0.1, 0.15) is 5.56 Å². The lowest BCUT2D eigenvalue weighted by atomic mass is 10.2. The Morgan fingerprint density at radius 1 is 0.882 bits per heavy atom. The maximum absolute atomic E-state index is 5.74. The van der Waals surface area contributed by atoms with Crippen LogP contribution in [-0.4, -0.2) is 0 Å². The van der Waals surface area contributed by atoms with Crippen molar-refractivity contribution in [2.45, 2.75) is 0 Å². The first-order valence-corrected chi connectivity index (χ1v) is 5.50. The molecule has 0 aliphatic heterocycles. The van der Waals surface area contributed by atoms with Crippen LogP contribution in [0.4, 0.5) is 0 Å². The second-order valence-electron chi connectivity index (χ2n) is 3.58. The molecule has 17 heavy (non-hydrogen) atoms. The molecule has 0 aliphatic carbocycles. The average Bonchev–Trinajstić information content (AvgIpc) is 2.38. The van der Waals surface area contributed by atoms with Gasteiger partial charge in [0.2, 0.25) is 0 Å². The zero-order valence-corrected chi connectivity index (χ0v) is 9.54. The van der Waals surface area contributed by atoms with Gasteiger partial charge in [0.25, 0.3) is 0 Å². The number of ether oxygens (including phenoxy) is 1. The molecule has 0 saturated heterocycles. The highest BCUT2D eigenvalue weighted by atomic mass is 16.5. The van der Waals surface area contributed by atoms with E-state index in [0.717, 1.165) is 17.1 Å². The van der Waals surface area contributed by atoms with Crippen LogP contribution in [0.25, 0.3) is 6.08 Å². The molecule has 0 aromatic heterocycles. The number of para-hydroxylation sites is 1. The number of benzene rings is 2. The molecule has 1 heteroatoms. The van der Waals surface area contributed by atoms with E-state index in [-0.39, 0.29) is 0 Å². The molecule has 2 aromatic rings. The lowest BCUT2D eigenvalue weighted by Crippen LogP contribution is -1.83. The Balaban J connectivity index is 2.16. The van der Waals surface area contributed by atoms with Crippen LogP contribution in [0.2, 0.25) is 0 Å². The van der Waals surface area contributed by atoms with Crippen LogP contribution in [-0.2, 0) is 0 Å². The second-order valence-corrected chi connectivity index (χ2v) is 3.58. The van der Waals surface area contributed by atoms with Gasteiger partial charge in [-0.3, -0.25) is 0 Å². The van der Waals surface area contributed by atoms with Gasteiger partial charge in [-0.25, -0.2) is 0 Å². The van der Waals surface area contributed by atoms with Crippen LogP contribution in [0, 0.1) is 0 Å². The lowest BCUT2D eigenvalue weighted by molar-refractivity contribution is 0.482. The maximum Gasteiger partial charge on any atom is 0.128 e. The van der Waals surface area contributed by atoms with Crippen molar-refractivity contribution < 1.29 is 4.74 Å². The summed E-state index contributed by atoms with van der Waals surface area (Å²) in [5.41, 5.74) is 1.10. The third-order valence-electron chi connectivity index (χ3n) is 2.26. The predicted molar refractivity (Wildman–Crippen MR) is 72.2 cm³/mol. The average molecular weight is 222 g/mol. The van der Waals surface area contributed by atoms with Crippen molar-refractivity contribution in [3.63, 3.8) is 0 Å². The van der Waals surface area contributed by atoms with E-state index in [1.807, 2.05) is 66.7 Å². The molecule has 0 saturated carbocycles. The molecule has 0 aliphatic rings. The number of hydrogen-bond acceptors (Lipinski definition) is 1. The van der Waals surface area contributed by atoms with Crippen molar-refractivity contribution in [3.05, 3.63) is 78.9 Å². The molecular formula is C16H14O. The normalized spacial score (nSPS) is 10.4. The SMILES string of the molecule is C=CC=Cc1cccc(Oc2ccccc2)c1.